The van der Waals surface area contributed by atoms with Crippen LogP contribution in [0.5, 0.6) is 0 Å². The topological polar surface area (TPSA) is 56.3 Å². The highest BCUT2D eigenvalue weighted by Gasteiger charge is 1.93. The average Bonchev–Trinajstić information content (AvgIpc) is 2.26. The van der Waals surface area contributed by atoms with E-state index in [2.05, 4.69) is 9.72 Å². The minimum atomic E-state index is -0.439. The molecule has 0 aliphatic carbocycles. The van der Waals surface area contributed by atoms with Crippen LogP contribution in [-0.4, -0.2) is 24.3 Å². The van der Waals surface area contributed by atoms with E-state index in [1.54, 1.807) is 12.1 Å². The highest BCUT2D eigenvalue weighted by atomic mass is 16.5. The van der Waals surface area contributed by atoms with Gasteiger partial charge in [-0.15, -0.1) is 0 Å². The van der Waals surface area contributed by atoms with E-state index in [1.807, 2.05) is 0 Å². The molecule has 0 bridgehead atoms. The van der Waals surface area contributed by atoms with Gasteiger partial charge in [0.1, 0.15) is 0 Å². The number of aldehydes is 1. The fourth-order valence-corrected chi connectivity index (χ4v) is 0.807. The summed E-state index contributed by atoms with van der Waals surface area (Å²) >= 11 is 0. The molecule has 1 heterocycles. The van der Waals surface area contributed by atoms with Crippen LogP contribution in [0.15, 0.2) is 24.4 Å². The molecule has 0 fully saturated rings. The molecule has 0 radical (unpaired) electrons. The van der Waals surface area contributed by atoms with Gasteiger partial charge in [0.15, 0.2) is 6.29 Å². The van der Waals surface area contributed by atoms with Crippen molar-refractivity contribution < 1.29 is 14.3 Å². The second-order valence-corrected chi connectivity index (χ2v) is 2.49. The maximum Gasteiger partial charge on any atom is 0.330 e. The highest BCUT2D eigenvalue weighted by Crippen LogP contribution is 2.00. The largest absolute Gasteiger partial charge is 0.466 e. The van der Waals surface area contributed by atoms with Crippen LogP contribution < -0.4 is 0 Å². The quantitative estimate of drug-likeness (QED) is 0.407. The third-order valence-corrected chi connectivity index (χ3v) is 1.54. The van der Waals surface area contributed by atoms with Gasteiger partial charge in [-0.05, 0) is 18.2 Å². The highest BCUT2D eigenvalue weighted by molar-refractivity contribution is 5.86. The molecule has 0 amide bonds. The summed E-state index contributed by atoms with van der Waals surface area (Å²) in [5.74, 6) is -0.439. The van der Waals surface area contributed by atoms with E-state index in [-0.39, 0.29) is 0 Å². The smallest absolute Gasteiger partial charge is 0.330 e. The van der Waals surface area contributed by atoms with Crippen molar-refractivity contribution in [2.45, 2.75) is 0 Å². The van der Waals surface area contributed by atoms with Crippen LogP contribution in [0.25, 0.3) is 6.08 Å². The van der Waals surface area contributed by atoms with Crippen molar-refractivity contribution in [2.75, 3.05) is 7.11 Å². The molecule has 0 unspecified atom stereocenters. The predicted molar refractivity (Wildman–Crippen MR) is 50.7 cm³/mol. The summed E-state index contributed by atoms with van der Waals surface area (Å²) in [4.78, 5) is 24.9. The Bertz CT molecular complexity index is 354. The van der Waals surface area contributed by atoms with Gasteiger partial charge in [-0.2, -0.15) is 0 Å². The molecule has 0 aliphatic heterocycles. The lowest BCUT2D eigenvalue weighted by Crippen LogP contribution is -1.93. The summed E-state index contributed by atoms with van der Waals surface area (Å²) in [6, 6.07) is 3.26. The molecule has 4 nitrogen and oxygen atoms in total. The Morgan fingerprint density at radius 1 is 1.50 bits per heavy atom. The zero-order valence-electron chi connectivity index (χ0n) is 7.64. The van der Waals surface area contributed by atoms with Crippen LogP contribution in [0.3, 0.4) is 0 Å². The van der Waals surface area contributed by atoms with Crippen molar-refractivity contribution in [1.82, 2.24) is 4.98 Å². The number of esters is 1. The molecular formula is C10H9NO3. The number of ether oxygens (including phenoxy) is 1. The van der Waals surface area contributed by atoms with Crippen LogP contribution in [-0.2, 0) is 9.53 Å². The fraction of sp³-hybridized carbons (Fsp3) is 0.100. The Kier molecular flexibility index (Phi) is 3.55. The van der Waals surface area contributed by atoms with Crippen molar-refractivity contribution in [1.29, 1.82) is 0 Å². The first-order valence-corrected chi connectivity index (χ1v) is 3.93. The molecule has 0 aromatic carbocycles. The van der Waals surface area contributed by atoms with Gasteiger partial charge in [0.05, 0.1) is 12.8 Å². The molecule has 1 aromatic heterocycles. The summed E-state index contributed by atoms with van der Waals surface area (Å²) < 4.78 is 4.41. The molecule has 0 atom stereocenters. The Balaban J connectivity index is 2.73. The molecule has 4 heteroatoms. The van der Waals surface area contributed by atoms with Crippen molar-refractivity contribution >= 4 is 18.3 Å². The monoisotopic (exact) mass is 191 g/mol. The summed E-state index contributed by atoms with van der Waals surface area (Å²) in [7, 11) is 1.30. The number of methoxy groups -OCH3 is 1. The Labute approximate surface area is 81.2 Å². The van der Waals surface area contributed by atoms with Gasteiger partial charge in [0, 0.05) is 17.8 Å². The molecule has 0 saturated carbocycles. The van der Waals surface area contributed by atoms with Gasteiger partial charge in [-0.25, -0.2) is 4.79 Å². The van der Waals surface area contributed by atoms with Crippen molar-refractivity contribution in [3.8, 4) is 0 Å². The normalized spacial score (nSPS) is 10.1. The number of carbonyl (C=O) groups is 2. The Morgan fingerprint density at radius 3 is 2.79 bits per heavy atom. The van der Waals surface area contributed by atoms with Gasteiger partial charge in [0.25, 0.3) is 0 Å². The first kappa shape index (κ1) is 10.1. The lowest BCUT2D eigenvalue weighted by molar-refractivity contribution is -0.134. The van der Waals surface area contributed by atoms with Crippen molar-refractivity contribution in [3.05, 3.63) is 35.7 Å². The van der Waals surface area contributed by atoms with Crippen LogP contribution in [0.2, 0.25) is 0 Å². The Hall–Kier alpha value is -1.97. The van der Waals surface area contributed by atoms with E-state index in [0.717, 1.165) is 0 Å². The van der Waals surface area contributed by atoms with E-state index in [9.17, 15) is 9.59 Å². The standard InChI is InChI=1S/C10H9NO3/c1-14-10(13)5-4-9-3-2-8(7-12)6-11-9/h2-7H,1H3/b5-4+. The molecule has 1 aromatic rings. The van der Waals surface area contributed by atoms with Gasteiger partial charge in [-0.1, -0.05) is 0 Å². The zero-order chi connectivity index (χ0) is 10.4. The number of nitrogens with zero attached hydrogens (tertiary/aromatic N) is 1. The second kappa shape index (κ2) is 4.91. The minimum absolute atomic E-state index is 0.439. The number of carbonyl (C=O) groups excluding carboxylic acids is 2. The van der Waals surface area contributed by atoms with E-state index in [4.69, 9.17) is 0 Å². The van der Waals surface area contributed by atoms with Crippen LogP contribution in [0.4, 0.5) is 0 Å². The maximum absolute atomic E-state index is 10.7. The van der Waals surface area contributed by atoms with Crippen LogP contribution >= 0.6 is 0 Å². The number of aromatic nitrogens is 1. The summed E-state index contributed by atoms with van der Waals surface area (Å²) in [5.41, 5.74) is 1.10. The molecule has 0 aliphatic rings. The number of hydrogen-bond donors (Lipinski definition) is 0. The molecule has 72 valence electrons. The summed E-state index contributed by atoms with van der Waals surface area (Å²) in [6.07, 6.45) is 4.92. The fourth-order valence-electron chi connectivity index (χ4n) is 0.807. The molecule has 0 saturated heterocycles. The van der Waals surface area contributed by atoms with Gasteiger partial charge in [-0.3, -0.25) is 9.78 Å². The molecule has 0 spiro atoms. The van der Waals surface area contributed by atoms with E-state index >= 15 is 0 Å². The minimum Gasteiger partial charge on any atom is -0.466 e. The molecule has 1 rings (SSSR count). The first-order valence-electron chi connectivity index (χ1n) is 3.93. The zero-order valence-corrected chi connectivity index (χ0v) is 7.64. The third-order valence-electron chi connectivity index (χ3n) is 1.54. The lowest BCUT2D eigenvalue weighted by atomic mass is 10.2. The SMILES string of the molecule is COC(=O)/C=C/c1ccc(C=O)cn1. The molecule has 14 heavy (non-hydrogen) atoms. The first-order chi connectivity index (χ1) is 6.76. The van der Waals surface area contributed by atoms with Crippen LogP contribution in [0.1, 0.15) is 16.1 Å². The van der Waals surface area contributed by atoms with Gasteiger partial charge in [0.2, 0.25) is 0 Å². The number of rotatable bonds is 3. The molecular weight excluding hydrogens is 182 g/mol. The second-order valence-electron chi connectivity index (χ2n) is 2.49. The predicted octanol–water partition coefficient (Wildman–Crippen LogP) is 1.08. The van der Waals surface area contributed by atoms with Crippen molar-refractivity contribution in [3.63, 3.8) is 0 Å². The van der Waals surface area contributed by atoms with Gasteiger partial charge < -0.3 is 4.74 Å². The van der Waals surface area contributed by atoms with Gasteiger partial charge >= 0.3 is 5.97 Å². The number of pyridine rings is 1. The third kappa shape index (κ3) is 2.82. The Morgan fingerprint density at radius 2 is 2.29 bits per heavy atom. The van der Waals surface area contributed by atoms with E-state index < -0.39 is 5.97 Å². The average molecular weight is 191 g/mol. The molecule has 0 N–H and O–H groups in total. The van der Waals surface area contributed by atoms with E-state index in [1.165, 1.54) is 25.5 Å². The maximum atomic E-state index is 10.7. The van der Waals surface area contributed by atoms with E-state index in [0.29, 0.717) is 17.5 Å². The van der Waals surface area contributed by atoms with Crippen molar-refractivity contribution in [2.24, 2.45) is 0 Å². The lowest BCUT2D eigenvalue weighted by Gasteiger charge is -1.93. The summed E-state index contributed by atoms with van der Waals surface area (Å²) in [6.45, 7) is 0. The van der Waals surface area contributed by atoms with Crippen LogP contribution in [0, 0.1) is 0 Å². The number of hydrogen-bond acceptors (Lipinski definition) is 4. The summed E-state index contributed by atoms with van der Waals surface area (Å²) in [5, 5.41) is 0.